The number of pyridine rings is 1. The molecule has 0 bridgehead atoms. The Hall–Kier alpha value is -2.79. The summed E-state index contributed by atoms with van der Waals surface area (Å²) in [6, 6.07) is 12.4. The Kier molecular flexibility index (Phi) is 7.89. The molecule has 5 heteroatoms. The highest BCUT2D eigenvalue weighted by Gasteiger charge is 2.22. The van der Waals surface area contributed by atoms with Crippen LogP contribution in [0.25, 0.3) is 6.08 Å². The molecule has 1 aromatic carbocycles. The van der Waals surface area contributed by atoms with E-state index in [1.165, 1.54) is 18.1 Å². The third kappa shape index (κ3) is 7.15. The van der Waals surface area contributed by atoms with Gasteiger partial charge in [0.15, 0.2) is 0 Å². The number of carboxylic acids is 1. The summed E-state index contributed by atoms with van der Waals surface area (Å²) in [6.07, 6.45) is 8.93. The van der Waals surface area contributed by atoms with E-state index in [1.54, 1.807) is 6.20 Å². The Bertz CT molecular complexity index is 756. The molecule has 0 aliphatic heterocycles. The van der Waals surface area contributed by atoms with Gasteiger partial charge in [0, 0.05) is 18.9 Å². The number of carboxylic acid groups (broad SMARTS) is 1. The third-order valence-electron chi connectivity index (χ3n) is 4.43. The van der Waals surface area contributed by atoms with Crippen LogP contribution in [0.15, 0.2) is 54.9 Å². The Morgan fingerprint density at radius 1 is 1.19 bits per heavy atom. The van der Waals surface area contributed by atoms with E-state index in [1.807, 2.05) is 36.4 Å². The van der Waals surface area contributed by atoms with Crippen molar-refractivity contribution in [2.24, 2.45) is 5.92 Å². The summed E-state index contributed by atoms with van der Waals surface area (Å²) in [6.45, 7) is 2.59. The molecule has 0 fully saturated rings. The topological polar surface area (TPSA) is 70.5 Å². The lowest BCUT2D eigenvalue weighted by Gasteiger charge is -2.16. The second-order valence-electron chi connectivity index (χ2n) is 6.73. The van der Waals surface area contributed by atoms with Gasteiger partial charge in [0.2, 0.25) is 0 Å². The van der Waals surface area contributed by atoms with E-state index in [2.05, 4.69) is 35.3 Å². The van der Waals surface area contributed by atoms with Crippen LogP contribution in [0.3, 0.4) is 0 Å². The number of ketones is 1. The molecule has 2 rings (SSSR count). The predicted octanol–water partition coefficient (Wildman–Crippen LogP) is 3.30. The van der Waals surface area contributed by atoms with Gasteiger partial charge < -0.3 is 10.0 Å². The second-order valence-corrected chi connectivity index (χ2v) is 6.73. The average Bonchev–Trinajstić information content (AvgIpc) is 2.63. The number of likely N-dealkylation sites (N-methyl/N-ethyl adjacent to an activating group) is 1. The zero-order valence-electron chi connectivity index (χ0n) is 15.8. The van der Waals surface area contributed by atoms with Crippen molar-refractivity contribution in [3.8, 4) is 0 Å². The fourth-order valence-electron chi connectivity index (χ4n) is 2.80. The van der Waals surface area contributed by atoms with Crippen LogP contribution in [0.1, 0.15) is 30.0 Å². The standard InChI is InChI=1S/C22H26N2O3/c1-17(25)21(22(26)27)11-14-24(2)13-4-6-18-7-9-19(10-8-18)15-20-5-3-12-23-16-20/h3-10,12,16,21H,11,13-15H2,1-2H3,(H,26,27). The van der Waals surface area contributed by atoms with Gasteiger partial charge in [-0.15, -0.1) is 0 Å². The first-order valence-electron chi connectivity index (χ1n) is 9.02. The number of aliphatic carboxylic acids is 1. The molecule has 0 aliphatic carbocycles. The third-order valence-corrected chi connectivity index (χ3v) is 4.43. The molecule has 0 saturated carbocycles. The normalized spacial score (nSPS) is 12.4. The van der Waals surface area contributed by atoms with Gasteiger partial charge in [-0.2, -0.15) is 0 Å². The molecular weight excluding hydrogens is 340 g/mol. The maximum Gasteiger partial charge on any atom is 0.314 e. The van der Waals surface area contributed by atoms with Crippen LogP contribution in [0.4, 0.5) is 0 Å². The van der Waals surface area contributed by atoms with E-state index in [0.29, 0.717) is 19.5 Å². The van der Waals surface area contributed by atoms with Crippen LogP contribution in [0.2, 0.25) is 0 Å². The monoisotopic (exact) mass is 366 g/mol. The van der Waals surface area contributed by atoms with Crippen molar-refractivity contribution in [1.82, 2.24) is 9.88 Å². The predicted molar refractivity (Wildman–Crippen MR) is 106 cm³/mol. The highest BCUT2D eigenvalue weighted by molar-refractivity contribution is 5.96. The molecule has 0 radical (unpaired) electrons. The van der Waals surface area contributed by atoms with E-state index >= 15 is 0 Å². The minimum atomic E-state index is -1.04. The summed E-state index contributed by atoms with van der Waals surface area (Å²) in [5.74, 6) is -2.25. The zero-order valence-corrected chi connectivity index (χ0v) is 15.8. The van der Waals surface area contributed by atoms with Gasteiger partial charge in [-0.1, -0.05) is 42.5 Å². The van der Waals surface area contributed by atoms with Crippen LogP contribution in [-0.2, 0) is 16.0 Å². The Morgan fingerprint density at radius 3 is 2.52 bits per heavy atom. The molecule has 0 saturated heterocycles. The Labute approximate surface area is 160 Å². The van der Waals surface area contributed by atoms with Crippen LogP contribution >= 0.6 is 0 Å². The number of carbonyl (C=O) groups excluding carboxylic acids is 1. The zero-order chi connectivity index (χ0) is 19.6. The number of rotatable bonds is 10. The molecule has 0 amide bonds. The van der Waals surface area contributed by atoms with E-state index in [0.717, 1.165) is 12.0 Å². The summed E-state index contributed by atoms with van der Waals surface area (Å²) in [5.41, 5.74) is 3.54. The number of Topliss-reactive ketones (excluding diaryl/α,β-unsaturated/α-hetero) is 1. The van der Waals surface area contributed by atoms with Gasteiger partial charge >= 0.3 is 5.97 Å². The van der Waals surface area contributed by atoms with Crippen molar-refractivity contribution in [2.75, 3.05) is 20.1 Å². The van der Waals surface area contributed by atoms with Gasteiger partial charge in [-0.3, -0.25) is 14.6 Å². The van der Waals surface area contributed by atoms with Gasteiger partial charge in [0.1, 0.15) is 11.7 Å². The Balaban J connectivity index is 1.80. The minimum absolute atomic E-state index is 0.294. The summed E-state index contributed by atoms with van der Waals surface area (Å²) < 4.78 is 0. The molecule has 1 aromatic heterocycles. The van der Waals surface area contributed by atoms with Gasteiger partial charge in [-0.25, -0.2) is 0 Å². The van der Waals surface area contributed by atoms with Gasteiger partial charge in [0.25, 0.3) is 0 Å². The molecule has 1 unspecified atom stereocenters. The summed E-state index contributed by atoms with van der Waals surface area (Å²) >= 11 is 0. The van der Waals surface area contributed by atoms with Crippen molar-refractivity contribution in [1.29, 1.82) is 0 Å². The molecule has 1 atom stereocenters. The van der Waals surface area contributed by atoms with Crippen LogP contribution in [0, 0.1) is 5.92 Å². The maximum absolute atomic E-state index is 11.3. The number of aromatic nitrogens is 1. The fourth-order valence-corrected chi connectivity index (χ4v) is 2.80. The lowest BCUT2D eigenvalue weighted by molar-refractivity contribution is -0.146. The first kappa shape index (κ1) is 20.5. The van der Waals surface area contributed by atoms with E-state index in [-0.39, 0.29) is 5.78 Å². The quantitative estimate of drug-likeness (QED) is 0.653. The number of nitrogens with zero attached hydrogens (tertiary/aromatic N) is 2. The highest BCUT2D eigenvalue weighted by Crippen LogP contribution is 2.11. The van der Waals surface area contributed by atoms with Crippen LogP contribution in [-0.4, -0.2) is 46.9 Å². The molecule has 2 aromatic rings. The van der Waals surface area contributed by atoms with Crippen LogP contribution < -0.4 is 0 Å². The van der Waals surface area contributed by atoms with Crippen LogP contribution in [0.5, 0.6) is 0 Å². The van der Waals surface area contributed by atoms with Crippen molar-refractivity contribution >= 4 is 17.8 Å². The summed E-state index contributed by atoms with van der Waals surface area (Å²) in [7, 11) is 1.92. The van der Waals surface area contributed by atoms with Crippen molar-refractivity contribution in [3.05, 3.63) is 71.6 Å². The molecular formula is C22H26N2O3. The fraction of sp³-hybridized carbons (Fsp3) is 0.318. The van der Waals surface area contributed by atoms with Crippen molar-refractivity contribution < 1.29 is 14.7 Å². The minimum Gasteiger partial charge on any atom is -0.481 e. The molecule has 1 heterocycles. The lowest BCUT2D eigenvalue weighted by Crippen LogP contribution is -2.28. The smallest absolute Gasteiger partial charge is 0.314 e. The molecule has 1 N–H and O–H groups in total. The molecule has 27 heavy (non-hydrogen) atoms. The van der Waals surface area contributed by atoms with Crippen molar-refractivity contribution in [3.63, 3.8) is 0 Å². The molecule has 0 spiro atoms. The first-order chi connectivity index (χ1) is 13.0. The largest absolute Gasteiger partial charge is 0.481 e. The second kappa shape index (κ2) is 10.4. The van der Waals surface area contributed by atoms with Crippen molar-refractivity contribution in [2.45, 2.75) is 19.8 Å². The van der Waals surface area contributed by atoms with E-state index < -0.39 is 11.9 Å². The number of benzene rings is 1. The average molecular weight is 366 g/mol. The highest BCUT2D eigenvalue weighted by atomic mass is 16.4. The first-order valence-corrected chi connectivity index (χ1v) is 9.02. The number of hydrogen-bond acceptors (Lipinski definition) is 4. The van der Waals surface area contributed by atoms with E-state index in [4.69, 9.17) is 5.11 Å². The van der Waals surface area contributed by atoms with Gasteiger partial charge in [-0.05, 0) is 56.1 Å². The number of carbonyl (C=O) groups is 2. The van der Waals surface area contributed by atoms with E-state index in [9.17, 15) is 9.59 Å². The summed E-state index contributed by atoms with van der Waals surface area (Å²) in [4.78, 5) is 28.5. The molecule has 0 aliphatic rings. The molecule has 142 valence electrons. The maximum atomic E-state index is 11.3. The lowest BCUT2D eigenvalue weighted by atomic mass is 10.0. The van der Waals surface area contributed by atoms with Gasteiger partial charge in [0.05, 0.1) is 0 Å². The summed E-state index contributed by atoms with van der Waals surface area (Å²) in [5, 5.41) is 9.04. The Morgan fingerprint density at radius 2 is 1.93 bits per heavy atom. The molecule has 5 nitrogen and oxygen atoms in total. The SMILES string of the molecule is CC(=O)C(CCN(C)CC=Cc1ccc(Cc2cccnc2)cc1)C(=O)O. The number of hydrogen-bond donors (Lipinski definition) is 1.